The third-order valence-electron chi connectivity index (χ3n) is 4.89. The molecule has 0 atom stereocenters. The molecule has 0 bridgehead atoms. The normalized spacial score (nSPS) is 11.1. The standard InChI is InChI=1S/C25H26ClF2NO5/c1-5-31-23-11-16(6-8-20(23)34-25(27)28)29-24(30)21-9-7-17(33-21)13-32-22-10-15(4)19(26)12-18(22)14(2)3/h6-12,14,25H,5,13H2,1-4H3,(H,29,30). The summed E-state index contributed by atoms with van der Waals surface area (Å²) in [7, 11) is 0. The van der Waals surface area contributed by atoms with Crippen LogP contribution in [0.25, 0.3) is 0 Å². The van der Waals surface area contributed by atoms with Crippen LogP contribution in [-0.4, -0.2) is 19.1 Å². The average molecular weight is 494 g/mol. The van der Waals surface area contributed by atoms with E-state index in [0.717, 1.165) is 11.1 Å². The van der Waals surface area contributed by atoms with Crippen LogP contribution in [0, 0.1) is 6.92 Å². The van der Waals surface area contributed by atoms with E-state index in [1.807, 2.05) is 32.9 Å². The van der Waals surface area contributed by atoms with Crippen molar-refractivity contribution in [3.8, 4) is 17.2 Å². The molecule has 0 unspecified atom stereocenters. The summed E-state index contributed by atoms with van der Waals surface area (Å²) in [5.74, 6) is 0.906. The summed E-state index contributed by atoms with van der Waals surface area (Å²) >= 11 is 6.24. The van der Waals surface area contributed by atoms with Gasteiger partial charge in [-0.3, -0.25) is 4.79 Å². The largest absolute Gasteiger partial charge is 0.490 e. The molecular weight excluding hydrogens is 468 g/mol. The van der Waals surface area contributed by atoms with Crippen molar-refractivity contribution < 1.29 is 32.2 Å². The highest BCUT2D eigenvalue weighted by atomic mass is 35.5. The zero-order valence-corrected chi connectivity index (χ0v) is 20.0. The lowest BCUT2D eigenvalue weighted by atomic mass is 10.0. The van der Waals surface area contributed by atoms with Gasteiger partial charge in [0.25, 0.3) is 5.91 Å². The van der Waals surface area contributed by atoms with Gasteiger partial charge in [-0.15, -0.1) is 0 Å². The van der Waals surface area contributed by atoms with Gasteiger partial charge in [-0.05, 0) is 67.3 Å². The predicted molar refractivity (Wildman–Crippen MR) is 126 cm³/mol. The van der Waals surface area contributed by atoms with E-state index in [9.17, 15) is 13.6 Å². The van der Waals surface area contributed by atoms with Gasteiger partial charge >= 0.3 is 6.61 Å². The molecule has 0 aliphatic rings. The SMILES string of the molecule is CCOc1cc(NC(=O)c2ccc(COc3cc(C)c(Cl)cc3C(C)C)o2)ccc1OC(F)F. The Morgan fingerprint density at radius 1 is 1.06 bits per heavy atom. The minimum Gasteiger partial charge on any atom is -0.490 e. The summed E-state index contributed by atoms with van der Waals surface area (Å²) in [6.45, 7) is 5.08. The fourth-order valence-corrected chi connectivity index (χ4v) is 3.39. The van der Waals surface area contributed by atoms with Crippen LogP contribution in [0.1, 0.15) is 54.1 Å². The van der Waals surface area contributed by atoms with Crippen molar-refractivity contribution in [3.63, 3.8) is 0 Å². The number of nitrogens with one attached hydrogen (secondary N) is 1. The van der Waals surface area contributed by atoms with Crippen LogP contribution < -0.4 is 19.5 Å². The van der Waals surface area contributed by atoms with Gasteiger partial charge in [-0.25, -0.2) is 0 Å². The molecule has 0 saturated heterocycles. The number of alkyl halides is 2. The van der Waals surface area contributed by atoms with Crippen LogP contribution in [-0.2, 0) is 6.61 Å². The van der Waals surface area contributed by atoms with Crippen molar-refractivity contribution in [2.75, 3.05) is 11.9 Å². The van der Waals surface area contributed by atoms with Gasteiger partial charge in [0.2, 0.25) is 0 Å². The molecule has 0 aliphatic carbocycles. The van der Waals surface area contributed by atoms with E-state index in [1.54, 1.807) is 13.0 Å². The Labute approximate surface area is 201 Å². The average Bonchev–Trinajstić information content (AvgIpc) is 3.25. The molecule has 9 heteroatoms. The number of carbonyl (C=O) groups is 1. The number of hydrogen-bond acceptors (Lipinski definition) is 5. The van der Waals surface area contributed by atoms with E-state index in [0.29, 0.717) is 22.2 Å². The number of anilines is 1. The topological polar surface area (TPSA) is 69.9 Å². The second kappa shape index (κ2) is 11.2. The Kier molecular flexibility index (Phi) is 8.39. The third-order valence-corrected chi connectivity index (χ3v) is 5.29. The Balaban J connectivity index is 1.68. The first-order valence-corrected chi connectivity index (χ1v) is 11.1. The monoisotopic (exact) mass is 493 g/mol. The summed E-state index contributed by atoms with van der Waals surface area (Å²) in [5.41, 5.74) is 2.21. The molecule has 0 aliphatic heterocycles. The van der Waals surface area contributed by atoms with E-state index in [-0.39, 0.29) is 36.4 Å². The lowest BCUT2D eigenvalue weighted by molar-refractivity contribution is -0.0514. The maximum absolute atomic E-state index is 12.6. The number of amides is 1. The van der Waals surface area contributed by atoms with Crippen molar-refractivity contribution in [1.29, 1.82) is 0 Å². The zero-order valence-electron chi connectivity index (χ0n) is 19.3. The van der Waals surface area contributed by atoms with Gasteiger partial charge in [0.1, 0.15) is 18.1 Å². The van der Waals surface area contributed by atoms with Crippen molar-refractivity contribution in [2.24, 2.45) is 0 Å². The predicted octanol–water partition coefficient (Wildman–Crippen LogP) is 7.20. The minimum atomic E-state index is -2.99. The number of carbonyl (C=O) groups excluding carboxylic acids is 1. The highest BCUT2D eigenvalue weighted by Gasteiger charge is 2.16. The number of furan rings is 1. The van der Waals surface area contributed by atoms with Crippen LogP contribution in [0.2, 0.25) is 5.02 Å². The molecule has 1 aromatic heterocycles. The molecule has 0 radical (unpaired) electrons. The third kappa shape index (κ3) is 6.41. The number of benzene rings is 2. The maximum atomic E-state index is 12.6. The van der Waals surface area contributed by atoms with Gasteiger partial charge in [0, 0.05) is 16.8 Å². The van der Waals surface area contributed by atoms with Gasteiger partial charge < -0.3 is 23.9 Å². The molecule has 0 saturated carbocycles. The summed E-state index contributed by atoms with van der Waals surface area (Å²) < 4.78 is 46.5. The van der Waals surface area contributed by atoms with Gasteiger partial charge in [-0.2, -0.15) is 8.78 Å². The fraction of sp³-hybridized carbons (Fsp3) is 0.320. The van der Waals surface area contributed by atoms with Gasteiger partial charge in [-0.1, -0.05) is 25.4 Å². The molecule has 182 valence electrons. The first-order valence-electron chi connectivity index (χ1n) is 10.7. The first kappa shape index (κ1) is 25.4. The molecule has 0 spiro atoms. The number of rotatable bonds is 10. The molecule has 3 aromatic rings. The quantitative estimate of drug-likeness (QED) is 0.323. The molecule has 1 heterocycles. The fourth-order valence-electron chi connectivity index (χ4n) is 3.21. The molecular formula is C25H26ClF2NO5. The van der Waals surface area contributed by atoms with Crippen LogP contribution in [0.4, 0.5) is 14.5 Å². The van der Waals surface area contributed by atoms with Gasteiger partial charge in [0.05, 0.1) is 6.61 Å². The number of hydrogen-bond donors (Lipinski definition) is 1. The Hall–Kier alpha value is -3.26. The molecule has 1 amide bonds. The van der Waals surface area contributed by atoms with Crippen LogP contribution in [0.15, 0.2) is 46.9 Å². The van der Waals surface area contributed by atoms with Crippen molar-refractivity contribution >= 4 is 23.2 Å². The Morgan fingerprint density at radius 2 is 1.82 bits per heavy atom. The molecule has 34 heavy (non-hydrogen) atoms. The van der Waals surface area contributed by atoms with Crippen LogP contribution >= 0.6 is 11.6 Å². The molecule has 3 rings (SSSR count). The van der Waals surface area contributed by atoms with Gasteiger partial charge in [0.15, 0.2) is 17.3 Å². The molecule has 6 nitrogen and oxygen atoms in total. The van der Waals surface area contributed by atoms with Crippen molar-refractivity contribution in [3.05, 3.63) is 70.1 Å². The Bertz CT molecular complexity index is 1150. The summed E-state index contributed by atoms with van der Waals surface area (Å²) in [4.78, 5) is 12.6. The minimum absolute atomic E-state index is 0.0702. The van der Waals surface area contributed by atoms with Crippen LogP contribution in [0.3, 0.4) is 0 Å². The van der Waals surface area contributed by atoms with Crippen molar-refractivity contribution in [1.82, 2.24) is 0 Å². The number of ether oxygens (including phenoxy) is 3. The smallest absolute Gasteiger partial charge is 0.387 e. The summed E-state index contributed by atoms with van der Waals surface area (Å²) in [6.07, 6.45) is 0. The second-order valence-corrected chi connectivity index (χ2v) is 8.18. The van der Waals surface area contributed by atoms with E-state index in [1.165, 1.54) is 24.3 Å². The van der Waals surface area contributed by atoms with Crippen molar-refractivity contribution in [2.45, 2.75) is 46.8 Å². The number of aryl methyl sites for hydroxylation is 1. The lowest BCUT2D eigenvalue weighted by Crippen LogP contribution is -2.11. The zero-order chi connectivity index (χ0) is 24.8. The van der Waals surface area contributed by atoms with E-state index in [2.05, 4.69) is 10.1 Å². The maximum Gasteiger partial charge on any atom is 0.387 e. The number of halogens is 3. The highest BCUT2D eigenvalue weighted by Crippen LogP contribution is 2.33. The van der Waals surface area contributed by atoms with Crippen LogP contribution in [0.5, 0.6) is 17.2 Å². The Morgan fingerprint density at radius 3 is 2.50 bits per heavy atom. The summed E-state index contributed by atoms with van der Waals surface area (Å²) in [5, 5.41) is 3.33. The molecule has 1 N–H and O–H groups in total. The first-order chi connectivity index (χ1) is 16.2. The second-order valence-electron chi connectivity index (χ2n) is 7.78. The molecule has 2 aromatic carbocycles. The van der Waals surface area contributed by atoms with E-state index < -0.39 is 12.5 Å². The lowest BCUT2D eigenvalue weighted by Gasteiger charge is -2.15. The highest BCUT2D eigenvalue weighted by molar-refractivity contribution is 6.31. The summed E-state index contributed by atoms with van der Waals surface area (Å²) in [6, 6.07) is 11.1. The van der Waals surface area contributed by atoms with E-state index >= 15 is 0 Å². The van der Waals surface area contributed by atoms with E-state index in [4.69, 9.17) is 25.5 Å². The molecule has 0 fully saturated rings.